The summed E-state index contributed by atoms with van der Waals surface area (Å²) in [6.45, 7) is 4.15. The number of anilines is 2. The van der Waals surface area contributed by atoms with Crippen LogP contribution in [-0.2, 0) is 17.4 Å². The molecule has 1 aromatic carbocycles. The molecule has 1 aliphatic heterocycles. The maximum Gasteiger partial charge on any atom is 0.433 e. The van der Waals surface area contributed by atoms with Gasteiger partial charge in [0.1, 0.15) is 5.69 Å². The Morgan fingerprint density at radius 2 is 1.95 bits per heavy atom. The van der Waals surface area contributed by atoms with E-state index in [1.165, 1.54) is 6.20 Å². The average molecular weight is 568 g/mol. The van der Waals surface area contributed by atoms with Crippen molar-refractivity contribution in [2.45, 2.75) is 45.2 Å². The van der Waals surface area contributed by atoms with Crippen molar-refractivity contribution in [2.75, 3.05) is 25.0 Å². The molecule has 216 valence electrons. The molecule has 0 aliphatic carbocycles. The first-order valence-corrected chi connectivity index (χ1v) is 13.7. The lowest BCUT2D eigenvalue weighted by Gasteiger charge is -2.21. The molecule has 9 nitrogen and oxygen atoms in total. The molecule has 0 bridgehead atoms. The van der Waals surface area contributed by atoms with Crippen LogP contribution >= 0.6 is 0 Å². The molecule has 4 aromatic rings. The number of imidazole rings is 1. The van der Waals surface area contributed by atoms with Crippen LogP contribution in [0, 0.1) is 5.92 Å². The SMILES string of the molecule is CCc1cc(Nc2cccn3c(-c4cn[nH]c4C(F)(F)F)cnc23)ccc1C(=O)CCCNC(=O)C1CCNCC1. The molecule has 1 aliphatic rings. The quantitative estimate of drug-likeness (QED) is 0.156. The number of halogens is 3. The van der Waals surface area contributed by atoms with Crippen molar-refractivity contribution in [1.29, 1.82) is 0 Å². The molecular formula is C29H32F3N7O2. The number of aromatic nitrogens is 4. The Hall–Kier alpha value is -4.19. The molecule has 4 heterocycles. The Morgan fingerprint density at radius 3 is 2.71 bits per heavy atom. The molecule has 4 N–H and O–H groups in total. The van der Waals surface area contributed by atoms with Gasteiger partial charge in [0.25, 0.3) is 0 Å². The van der Waals surface area contributed by atoms with Gasteiger partial charge in [-0.2, -0.15) is 18.3 Å². The zero-order valence-corrected chi connectivity index (χ0v) is 22.6. The summed E-state index contributed by atoms with van der Waals surface area (Å²) in [4.78, 5) is 29.7. The molecule has 0 unspecified atom stereocenters. The topological polar surface area (TPSA) is 116 Å². The lowest BCUT2D eigenvalue weighted by atomic mass is 9.97. The molecular weight excluding hydrogens is 535 g/mol. The minimum atomic E-state index is -4.58. The number of piperidine rings is 1. The predicted octanol–water partition coefficient (Wildman–Crippen LogP) is 5.13. The maximum atomic E-state index is 13.4. The highest BCUT2D eigenvalue weighted by Gasteiger charge is 2.36. The van der Waals surface area contributed by atoms with Gasteiger partial charge in [0.05, 0.1) is 29.3 Å². The summed E-state index contributed by atoms with van der Waals surface area (Å²) in [5, 5.41) is 15.1. The van der Waals surface area contributed by atoms with Gasteiger partial charge in [-0.3, -0.25) is 19.1 Å². The van der Waals surface area contributed by atoms with Crippen molar-refractivity contribution < 1.29 is 22.8 Å². The van der Waals surface area contributed by atoms with E-state index in [1.807, 2.05) is 18.1 Å². The van der Waals surface area contributed by atoms with Gasteiger partial charge in [0, 0.05) is 36.3 Å². The van der Waals surface area contributed by atoms with Gasteiger partial charge in [0.15, 0.2) is 11.4 Å². The summed E-state index contributed by atoms with van der Waals surface area (Å²) in [5.41, 5.74) is 2.52. The van der Waals surface area contributed by atoms with Gasteiger partial charge >= 0.3 is 6.18 Å². The van der Waals surface area contributed by atoms with Crippen LogP contribution in [0.25, 0.3) is 16.9 Å². The predicted molar refractivity (Wildman–Crippen MR) is 149 cm³/mol. The second-order valence-corrected chi connectivity index (χ2v) is 10.1. The van der Waals surface area contributed by atoms with Crippen molar-refractivity contribution >= 4 is 28.7 Å². The second kappa shape index (κ2) is 12.1. The van der Waals surface area contributed by atoms with Crippen LogP contribution in [-0.4, -0.2) is 50.9 Å². The summed E-state index contributed by atoms with van der Waals surface area (Å²) in [7, 11) is 0. The number of carbonyl (C=O) groups is 2. The molecule has 0 saturated carbocycles. The van der Waals surface area contributed by atoms with Crippen LogP contribution in [0.3, 0.4) is 0 Å². The van der Waals surface area contributed by atoms with Gasteiger partial charge in [-0.05, 0) is 74.7 Å². The lowest BCUT2D eigenvalue weighted by Crippen LogP contribution is -2.38. The maximum absolute atomic E-state index is 13.4. The smallest absolute Gasteiger partial charge is 0.356 e. The normalized spacial score (nSPS) is 14.3. The fraction of sp³-hybridized carbons (Fsp3) is 0.379. The highest BCUT2D eigenvalue weighted by Crippen LogP contribution is 2.36. The number of carbonyl (C=O) groups excluding carboxylic acids is 2. The van der Waals surface area contributed by atoms with Crippen molar-refractivity contribution in [1.82, 2.24) is 30.2 Å². The molecule has 0 spiro atoms. The van der Waals surface area contributed by atoms with E-state index >= 15 is 0 Å². The number of nitrogens with one attached hydrogen (secondary N) is 4. The number of H-pyrrole nitrogens is 1. The van der Waals surface area contributed by atoms with Crippen molar-refractivity contribution in [3.8, 4) is 11.3 Å². The summed E-state index contributed by atoms with van der Waals surface area (Å²) in [5.74, 6) is 0.125. The van der Waals surface area contributed by atoms with Crippen LogP contribution in [0.1, 0.15) is 54.2 Å². The summed E-state index contributed by atoms with van der Waals surface area (Å²) in [6, 6.07) is 8.99. The third-order valence-corrected chi connectivity index (χ3v) is 7.39. The number of nitrogens with zero attached hydrogens (tertiary/aromatic N) is 3. The molecule has 1 fully saturated rings. The molecule has 1 saturated heterocycles. The van der Waals surface area contributed by atoms with Gasteiger partial charge in [0.2, 0.25) is 5.91 Å². The highest BCUT2D eigenvalue weighted by molar-refractivity contribution is 5.98. The fourth-order valence-electron chi connectivity index (χ4n) is 5.22. The van der Waals surface area contributed by atoms with Gasteiger partial charge in [-0.15, -0.1) is 0 Å². The largest absolute Gasteiger partial charge is 0.433 e. The van der Waals surface area contributed by atoms with E-state index in [0.29, 0.717) is 42.7 Å². The number of aromatic amines is 1. The second-order valence-electron chi connectivity index (χ2n) is 10.1. The van der Waals surface area contributed by atoms with E-state index in [-0.39, 0.29) is 28.9 Å². The first-order valence-electron chi connectivity index (χ1n) is 13.7. The number of aryl methyl sites for hydroxylation is 1. The third-order valence-electron chi connectivity index (χ3n) is 7.39. The monoisotopic (exact) mass is 567 g/mol. The minimum absolute atomic E-state index is 0.0186. The Labute approximate surface area is 234 Å². The van der Waals surface area contributed by atoms with E-state index in [4.69, 9.17) is 0 Å². The molecule has 0 radical (unpaired) electrons. The van der Waals surface area contributed by atoms with Gasteiger partial charge < -0.3 is 16.0 Å². The first kappa shape index (κ1) is 28.3. The lowest BCUT2D eigenvalue weighted by molar-refractivity contribution is -0.140. The van der Waals surface area contributed by atoms with Crippen molar-refractivity contribution in [3.05, 3.63) is 65.7 Å². The fourth-order valence-corrected chi connectivity index (χ4v) is 5.22. The molecule has 41 heavy (non-hydrogen) atoms. The molecule has 5 rings (SSSR count). The Balaban J connectivity index is 1.26. The van der Waals surface area contributed by atoms with Crippen molar-refractivity contribution in [2.24, 2.45) is 5.92 Å². The van der Waals surface area contributed by atoms with Crippen LogP contribution in [0.4, 0.5) is 24.5 Å². The number of hydrogen-bond donors (Lipinski definition) is 4. The van der Waals surface area contributed by atoms with Gasteiger partial charge in [-0.1, -0.05) is 6.92 Å². The Kier molecular flexibility index (Phi) is 8.39. The molecule has 12 heteroatoms. The van der Waals surface area contributed by atoms with Crippen LogP contribution in [0.2, 0.25) is 0 Å². The molecule has 1 amide bonds. The first-order chi connectivity index (χ1) is 19.8. The standard InChI is InChI=1S/C29H32F3N7O2/c1-2-18-15-20(7-8-21(18)25(40)6-3-11-34-28(41)19-9-12-33-13-10-19)37-23-5-4-14-39-24(17-35-27(23)39)22-16-36-38-26(22)29(30,31)32/h4-5,7-8,14-17,19,33,37H,2-3,6,9-13H2,1H3,(H,34,41)(H,36,38). The Morgan fingerprint density at radius 1 is 1.15 bits per heavy atom. The summed E-state index contributed by atoms with van der Waals surface area (Å²) >= 11 is 0. The van der Waals surface area contributed by atoms with E-state index in [0.717, 1.165) is 43.4 Å². The van der Waals surface area contributed by atoms with E-state index in [1.54, 1.807) is 34.9 Å². The number of Topliss-reactive ketones (excluding diaryl/α,β-unsaturated/α-hetero) is 1. The number of ketones is 1. The molecule has 0 atom stereocenters. The minimum Gasteiger partial charge on any atom is -0.356 e. The zero-order valence-electron chi connectivity index (χ0n) is 22.6. The number of rotatable bonds is 10. The van der Waals surface area contributed by atoms with Gasteiger partial charge in [-0.25, -0.2) is 4.98 Å². The van der Waals surface area contributed by atoms with Crippen LogP contribution < -0.4 is 16.0 Å². The van der Waals surface area contributed by atoms with Crippen LogP contribution in [0.5, 0.6) is 0 Å². The highest BCUT2D eigenvalue weighted by atomic mass is 19.4. The molecule has 3 aromatic heterocycles. The van der Waals surface area contributed by atoms with E-state index in [9.17, 15) is 22.8 Å². The third kappa shape index (κ3) is 6.27. The Bertz CT molecular complexity index is 1540. The zero-order chi connectivity index (χ0) is 29.0. The number of fused-ring (bicyclic) bond motifs is 1. The summed E-state index contributed by atoms with van der Waals surface area (Å²) in [6.07, 6.45) is 2.79. The number of amides is 1. The van der Waals surface area contributed by atoms with E-state index in [2.05, 4.69) is 26.0 Å². The van der Waals surface area contributed by atoms with Crippen molar-refractivity contribution in [3.63, 3.8) is 0 Å². The number of hydrogen-bond acceptors (Lipinski definition) is 6. The van der Waals surface area contributed by atoms with E-state index < -0.39 is 11.9 Å². The number of alkyl halides is 3. The van der Waals surface area contributed by atoms with Crippen LogP contribution in [0.15, 0.2) is 48.9 Å². The summed E-state index contributed by atoms with van der Waals surface area (Å²) < 4.78 is 41.9. The number of pyridine rings is 1. The average Bonchev–Trinajstić information content (AvgIpc) is 3.63. The number of benzene rings is 1.